The van der Waals surface area contributed by atoms with Crippen molar-refractivity contribution in [3.05, 3.63) is 42.0 Å². The first kappa shape index (κ1) is 15.8. The van der Waals surface area contributed by atoms with Crippen LogP contribution >= 0.6 is 0 Å². The van der Waals surface area contributed by atoms with Gasteiger partial charge in [-0.1, -0.05) is 26.0 Å². The lowest BCUT2D eigenvalue weighted by molar-refractivity contribution is 0.0705. The van der Waals surface area contributed by atoms with Crippen molar-refractivity contribution >= 4 is 16.7 Å². The third-order valence-electron chi connectivity index (χ3n) is 4.45. The molecule has 23 heavy (non-hydrogen) atoms. The number of nitrogens with one attached hydrogen (secondary N) is 1. The molecular formula is C19H24N2O2. The van der Waals surface area contributed by atoms with Gasteiger partial charge in [0.25, 0.3) is 5.91 Å². The van der Waals surface area contributed by atoms with Crippen molar-refractivity contribution in [3.63, 3.8) is 0 Å². The second kappa shape index (κ2) is 6.59. The van der Waals surface area contributed by atoms with Gasteiger partial charge >= 0.3 is 0 Å². The molecule has 2 N–H and O–H groups in total. The van der Waals surface area contributed by atoms with Gasteiger partial charge in [-0.2, -0.15) is 0 Å². The summed E-state index contributed by atoms with van der Waals surface area (Å²) >= 11 is 0. The van der Waals surface area contributed by atoms with Crippen molar-refractivity contribution in [2.45, 2.75) is 38.8 Å². The Morgan fingerprint density at radius 1 is 1.22 bits per heavy atom. The van der Waals surface area contributed by atoms with E-state index in [0.717, 1.165) is 42.3 Å². The number of hydrogen-bond donors (Lipinski definition) is 2. The second-order valence-electron chi connectivity index (χ2n) is 6.60. The van der Waals surface area contributed by atoms with E-state index in [0.29, 0.717) is 12.1 Å². The van der Waals surface area contributed by atoms with E-state index < -0.39 is 0 Å². The van der Waals surface area contributed by atoms with Crippen LogP contribution in [0.2, 0.25) is 0 Å². The number of carbonyl (C=O) groups is 1. The number of aromatic hydroxyl groups is 1. The van der Waals surface area contributed by atoms with E-state index in [4.69, 9.17) is 0 Å². The zero-order chi connectivity index (χ0) is 16.4. The Hall–Kier alpha value is -2.07. The van der Waals surface area contributed by atoms with Gasteiger partial charge in [0.2, 0.25) is 0 Å². The Kier molecular flexibility index (Phi) is 4.53. The molecule has 4 nitrogen and oxygen atoms in total. The minimum absolute atomic E-state index is 0.0873. The average molecular weight is 312 g/mol. The quantitative estimate of drug-likeness (QED) is 0.915. The number of fused-ring (bicyclic) bond motifs is 1. The van der Waals surface area contributed by atoms with Crippen LogP contribution in [-0.2, 0) is 0 Å². The molecule has 1 saturated heterocycles. The SMILES string of the molecule is CC(C)NC1CCN(C(=O)c2cccc3cc(O)ccc23)CC1. The topological polar surface area (TPSA) is 52.6 Å². The fraction of sp³-hybridized carbons (Fsp3) is 0.421. The number of carbonyl (C=O) groups excluding carboxylic acids is 1. The van der Waals surface area contributed by atoms with Crippen molar-refractivity contribution in [3.8, 4) is 5.75 Å². The maximum absolute atomic E-state index is 12.9. The van der Waals surface area contributed by atoms with Crippen LogP contribution in [0.15, 0.2) is 36.4 Å². The lowest BCUT2D eigenvalue weighted by Gasteiger charge is -2.33. The standard InChI is InChI=1S/C19H24N2O2/c1-13(2)20-15-8-10-21(11-9-15)19(23)18-5-3-4-14-12-16(22)6-7-17(14)18/h3-7,12-13,15,20,22H,8-11H2,1-2H3. The van der Waals surface area contributed by atoms with Gasteiger partial charge in [-0.15, -0.1) is 0 Å². The molecular weight excluding hydrogens is 288 g/mol. The van der Waals surface area contributed by atoms with Crippen LogP contribution in [0.4, 0.5) is 0 Å². The summed E-state index contributed by atoms with van der Waals surface area (Å²) in [7, 11) is 0. The van der Waals surface area contributed by atoms with Gasteiger partial charge in [0, 0.05) is 30.7 Å². The minimum atomic E-state index is 0.0873. The number of phenolic OH excluding ortho intramolecular Hbond substituents is 1. The molecule has 1 amide bonds. The third-order valence-corrected chi connectivity index (χ3v) is 4.45. The summed E-state index contributed by atoms with van der Waals surface area (Å²) < 4.78 is 0. The predicted octanol–water partition coefficient (Wildman–Crippen LogP) is 3.15. The summed E-state index contributed by atoms with van der Waals surface area (Å²) in [5, 5.41) is 15.0. The molecule has 0 saturated carbocycles. The summed E-state index contributed by atoms with van der Waals surface area (Å²) in [4.78, 5) is 14.8. The number of hydrogen-bond acceptors (Lipinski definition) is 3. The van der Waals surface area contributed by atoms with Crippen LogP contribution in [0, 0.1) is 0 Å². The second-order valence-corrected chi connectivity index (χ2v) is 6.60. The van der Waals surface area contributed by atoms with Crippen molar-refractivity contribution in [2.24, 2.45) is 0 Å². The molecule has 0 unspecified atom stereocenters. The van der Waals surface area contributed by atoms with E-state index in [2.05, 4.69) is 19.2 Å². The van der Waals surface area contributed by atoms with Crippen molar-refractivity contribution < 1.29 is 9.90 Å². The monoisotopic (exact) mass is 312 g/mol. The van der Waals surface area contributed by atoms with E-state index in [1.165, 1.54) is 0 Å². The highest BCUT2D eigenvalue weighted by molar-refractivity contribution is 6.07. The van der Waals surface area contributed by atoms with Gasteiger partial charge in [-0.05, 0) is 47.9 Å². The van der Waals surface area contributed by atoms with Gasteiger partial charge in [0.15, 0.2) is 0 Å². The molecule has 122 valence electrons. The van der Waals surface area contributed by atoms with Crippen LogP contribution in [-0.4, -0.2) is 41.1 Å². The number of benzene rings is 2. The first-order valence-electron chi connectivity index (χ1n) is 8.31. The number of rotatable bonds is 3. The molecule has 0 radical (unpaired) electrons. The Bertz CT molecular complexity index is 704. The lowest BCUT2D eigenvalue weighted by atomic mass is 10.00. The van der Waals surface area contributed by atoms with Crippen LogP contribution in [0.5, 0.6) is 5.75 Å². The Labute approximate surface area is 137 Å². The largest absolute Gasteiger partial charge is 0.508 e. The molecule has 2 aromatic rings. The maximum atomic E-state index is 12.9. The number of phenols is 1. The van der Waals surface area contributed by atoms with Crippen molar-refractivity contribution in [1.82, 2.24) is 10.2 Å². The molecule has 1 aliphatic heterocycles. The third kappa shape index (κ3) is 3.48. The zero-order valence-electron chi connectivity index (χ0n) is 13.7. The van der Waals surface area contributed by atoms with Gasteiger partial charge in [-0.25, -0.2) is 0 Å². The minimum Gasteiger partial charge on any atom is -0.508 e. The molecule has 0 aromatic heterocycles. The number of likely N-dealkylation sites (tertiary alicyclic amines) is 1. The van der Waals surface area contributed by atoms with Crippen LogP contribution in [0.25, 0.3) is 10.8 Å². The van der Waals surface area contributed by atoms with Crippen molar-refractivity contribution in [1.29, 1.82) is 0 Å². The highest BCUT2D eigenvalue weighted by atomic mass is 16.3. The summed E-state index contributed by atoms with van der Waals surface area (Å²) in [5.41, 5.74) is 0.720. The first-order chi connectivity index (χ1) is 11.0. The van der Waals surface area contributed by atoms with E-state index >= 15 is 0 Å². The molecule has 1 heterocycles. The Morgan fingerprint density at radius 2 is 1.96 bits per heavy atom. The van der Waals surface area contributed by atoms with Gasteiger partial charge in [0.05, 0.1) is 0 Å². The lowest BCUT2D eigenvalue weighted by Crippen LogP contribution is -2.46. The molecule has 0 aliphatic carbocycles. The first-order valence-corrected chi connectivity index (χ1v) is 8.31. The zero-order valence-corrected chi connectivity index (χ0v) is 13.7. The molecule has 3 rings (SSSR count). The summed E-state index contributed by atoms with van der Waals surface area (Å²) in [5.74, 6) is 0.312. The highest BCUT2D eigenvalue weighted by Gasteiger charge is 2.24. The number of nitrogens with zero attached hydrogens (tertiary/aromatic N) is 1. The van der Waals surface area contributed by atoms with Crippen LogP contribution in [0.3, 0.4) is 0 Å². The van der Waals surface area contributed by atoms with E-state index in [1.54, 1.807) is 12.1 Å². The van der Waals surface area contributed by atoms with E-state index in [-0.39, 0.29) is 11.7 Å². The molecule has 2 aromatic carbocycles. The van der Waals surface area contributed by atoms with Gasteiger partial charge in [0.1, 0.15) is 5.75 Å². The molecule has 1 aliphatic rings. The number of amides is 1. The Morgan fingerprint density at radius 3 is 2.65 bits per heavy atom. The van der Waals surface area contributed by atoms with E-state index in [1.807, 2.05) is 29.2 Å². The summed E-state index contributed by atoms with van der Waals surface area (Å²) in [6.07, 6.45) is 1.99. The van der Waals surface area contributed by atoms with Crippen LogP contribution in [0.1, 0.15) is 37.0 Å². The normalized spacial score (nSPS) is 16.2. The van der Waals surface area contributed by atoms with E-state index in [9.17, 15) is 9.90 Å². The average Bonchev–Trinajstić information content (AvgIpc) is 2.53. The van der Waals surface area contributed by atoms with Crippen LogP contribution < -0.4 is 5.32 Å². The van der Waals surface area contributed by atoms with Gasteiger partial charge in [-0.3, -0.25) is 4.79 Å². The molecule has 4 heteroatoms. The maximum Gasteiger partial charge on any atom is 0.254 e. The number of piperidine rings is 1. The fourth-order valence-corrected chi connectivity index (χ4v) is 3.35. The summed E-state index contributed by atoms with van der Waals surface area (Å²) in [6, 6.07) is 11.8. The highest BCUT2D eigenvalue weighted by Crippen LogP contribution is 2.25. The summed E-state index contributed by atoms with van der Waals surface area (Å²) in [6.45, 7) is 5.89. The molecule has 0 atom stereocenters. The predicted molar refractivity (Wildman–Crippen MR) is 92.8 cm³/mol. The molecule has 0 spiro atoms. The molecule has 1 fully saturated rings. The van der Waals surface area contributed by atoms with Gasteiger partial charge < -0.3 is 15.3 Å². The Balaban J connectivity index is 1.77. The fourth-order valence-electron chi connectivity index (χ4n) is 3.35. The van der Waals surface area contributed by atoms with Crippen molar-refractivity contribution in [2.75, 3.05) is 13.1 Å². The molecule has 0 bridgehead atoms. The smallest absolute Gasteiger partial charge is 0.254 e.